The van der Waals surface area contributed by atoms with Crippen LogP contribution >= 0.6 is 0 Å². The number of carbonyl (C=O) groups is 1. The lowest BCUT2D eigenvalue weighted by Gasteiger charge is -2.16. The van der Waals surface area contributed by atoms with Gasteiger partial charge in [0.25, 0.3) is 0 Å². The van der Waals surface area contributed by atoms with E-state index in [1.165, 1.54) is 40.7 Å². The molecule has 1 heteroatoms. The first kappa shape index (κ1) is 10.4. The largest absolute Gasteiger partial charge is 0.298 e. The third-order valence-corrected chi connectivity index (χ3v) is 3.99. The van der Waals surface area contributed by atoms with Gasteiger partial charge in [-0.3, -0.25) is 4.79 Å². The molecule has 1 atom stereocenters. The second-order valence-electron chi connectivity index (χ2n) is 4.74. The molecule has 1 unspecified atom stereocenters. The Morgan fingerprint density at radius 2 is 1.80 bits per heavy atom. The SMILES string of the molecule is Cc1c(C)c2c(c(C)c1C=O)C(C)CC2. The minimum Gasteiger partial charge on any atom is -0.298 e. The number of fused-ring (bicyclic) bond motifs is 1. The lowest BCUT2D eigenvalue weighted by molar-refractivity contribution is 0.112. The molecule has 0 saturated carbocycles. The third kappa shape index (κ3) is 1.33. The van der Waals surface area contributed by atoms with E-state index < -0.39 is 0 Å². The fourth-order valence-corrected chi connectivity index (χ4v) is 2.95. The third-order valence-electron chi connectivity index (χ3n) is 3.99. The Kier molecular flexibility index (Phi) is 2.41. The van der Waals surface area contributed by atoms with Gasteiger partial charge in [0.2, 0.25) is 0 Å². The number of benzene rings is 1. The van der Waals surface area contributed by atoms with E-state index >= 15 is 0 Å². The molecule has 0 N–H and O–H groups in total. The van der Waals surface area contributed by atoms with E-state index in [-0.39, 0.29) is 0 Å². The summed E-state index contributed by atoms with van der Waals surface area (Å²) in [5.41, 5.74) is 7.59. The number of carbonyl (C=O) groups excluding carboxylic acids is 1. The highest BCUT2D eigenvalue weighted by Gasteiger charge is 2.25. The van der Waals surface area contributed by atoms with Crippen LogP contribution in [0.15, 0.2) is 0 Å². The first-order valence-corrected chi connectivity index (χ1v) is 5.65. The van der Waals surface area contributed by atoms with Crippen molar-refractivity contribution in [1.29, 1.82) is 0 Å². The Balaban J connectivity index is 2.80. The first-order valence-electron chi connectivity index (χ1n) is 5.65. The topological polar surface area (TPSA) is 17.1 Å². The van der Waals surface area contributed by atoms with Crippen molar-refractivity contribution in [2.45, 2.75) is 46.5 Å². The highest BCUT2D eigenvalue weighted by Crippen LogP contribution is 2.39. The molecule has 0 aliphatic heterocycles. The van der Waals surface area contributed by atoms with Crippen LogP contribution in [0.1, 0.15) is 57.4 Å². The number of hydrogen-bond donors (Lipinski definition) is 0. The van der Waals surface area contributed by atoms with Gasteiger partial charge in [0.1, 0.15) is 0 Å². The zero-order valence-corrected chi connectivity index (χ0v) is 9.98. The Morgan fingerprint density at radius 1 is 1.13 bits per heavy atom. The zero-order chi connectivity index (χ0) is 11.2. The van der Waals surface area contributed by atoms with Gasteiger partial charge in [0, 0.05) is 5.56 Å². The van der Waals surface area contributed by atoms with Gasteiger partial charge in [-0.05, 0) is 67.3 Å². The molecular weight excluding hydrogens is 184 g/mol. The molecule has 0 aromatic heterocycles. The molecule has 0 fully saturated rings. The summed E-state index contributed by atoms with van der Waals surface area (Å²) in [5.74, 6) is 0.623. The molecular formula is C14H18O. The maximum Gasteiger partial charge on any atom is 0.150 e. The number of aldehydes is 1. The molecule has 0 heterocycles. The summed E-state index contributed by atoms with van der Waals surface area (Å²) in [7, 11) is 0. The van der Waals surface area contributed by atoms with Crippen LogP contribution < -0.4 is 0 Å². The van der Waals surface area contributed by atoms with Crippen molar-refractivity contribution in [3.05, 3.63) is 33.4 Å². The van der Waals surface area contributed by atoms with Crippen molar-refractivity contribution in [2.24, 2.45) is 0 Å². The van der Waals surface area contributed by atoms with Crippen LogP contribution in [0.2, 0.25) is 0 Å². The molecule has 0 spiro atoms. The molecule has 0 saturated heterocycles. The number of hydrogen-bond acceptors (Lipinski definition) is 1. The Labute approximate surface area is 91.5 Å². The van der Waals surface area contributed by atoms with Crippen LogP contribution in [0.25, 0.3) is 0 Å². The highest BCUT2D eigenvalue weighted by molar-refractivity contribution is 5.82. The minimum absolute atomic E-state index is 0.623. The van der Waals surface area contributed by atoms with E-state index in [0.717, 1.165) is 11.8 Å². The summed E-state index contributed by atoms with van der Waals surface area (Å²) >= 11 is 0. The normalized spacial score (nSPS) is 19.1. The molecule has 15 heavy (non-hydrogen) atoms. The Hall–Kier alpha value is -1.11. The van der Waals surface area contributed by atoms with E-state index in [1.807, 2.05) is 0 Å². The monoisotopic (exact) mass is 202 g/mol. The fourth-order valence-electron chi connectivity index (χ4n) is 2.95. The predicted octanol–water partition coefficient (Wildman–Crippen LogP) is 3.47. The van der Waals surface area contributed by atoms with Gasteiger partial charge >= 0.3 is 0 Å². The van der Waals surface area contributed by atoms with Crippen molar-refractivity contribution >= 4 is 6.29 Å². The second kappa shape index (κ2) is 3.48. The lowest BCUT2D eigenvalue weighted by Crippen LogP contribution is -2.03. The van der Waals surface area contributed by atoms with Gasteiger partial charge in [-0.15, -0.1) is 0 Å². The summed E-state index contributed by atoms with van der Waals surface area (Å²) in [5, 5.41) is 0. The Morgan fingerprint density at radius 3 is 2.40 bits per heavy atom. The van der Waals surface area contributed by atoms with Crippen LogP contribution in [0.3, 0.4) is 0 Å². The van der Waals surface area contributed by atoms with Gasteiger partial charge in [-0.2, -0.15) is 0 Å². The average Bonchev–Trinajstić information content (AvgIpc) is 2.58. The van der Waals surface area contributed by atoms with Crippen molar-refractivity contribution in [3.63, 3.8) is 0 Å². The summed E-state index contributed by atoms with van der Waals surface area (Å²) in [4.78, 5) is 11.1. The fraction of sp³-hybridized carbons (Fsp3) is 0.500. The molecule has 80 valence electrons. The maximum atomic E-state index is 11.1. The van der Waals surface area contributed by atoms with Crippen molar-refractivity contribution in [2.75, 3.05) is 0 Å². The number of rotatable bonds is 1. The first-order chi connectivity index (χ1) is 7.07. The van der Waals surface area contributed by atoms with Crippen molar-refractivity contribution < 1.29 is 4.79 Å². The average molecular weight is 202 g/mol. The van der Waals surface area contributed by atoms with Gasteiger partial charge in [0.15, 0.2) is 6.29 Å². The van der Waals surface area contributed by atoms with Crippen LogP contribution in [-0.2, 0) is 6.42 Å². The molecule has 0 amide bonds. The minimum atomic E-state index is 0.623. The smallest absolute Gasteiger partial charge is 0.150 e. The van der Waals surface area contributed by atoms with Gasteiger partial charge in [-0.25, -0.2) is 0 Å². The van der Waals surface area contributed by atoms with Crippen LogP contribution in [0.5, 0.6) is 0 Å². The van der Waals surface area contributed by atoms with Gasteiger partial charge < -0.3 is 0 Å². The molecule has 1 aromatic rings. The van der Waals surface area contributed by atoms with Crippen molar-refractivity contribution in [1.82, 2.24) is 0 Å². The van der Waals surface area contributed by atoms with Gasteiger partial charge in [-0.1, -0.05) is 6.92 Å². The molecule has 1 aliphatic rings. The summed E-state index contributed by atoms with van der Waals surface area (Å²) < 4.78 is 0. The van der Waals surface area contributed by atoms with Gasteiger partial charge in [0.05, 0.1) is 0 Å². The summed E-state index contributed by atoms with van der Waals surface area (Å²) in [6.07, 6.45) is 3.44. The van der Waals surface area contributed by atoms with E-state index in [2.05, 4.69) is 27.7 Å². The molecule has 0 bridgehead atoms. The van der Waals surface area contributed by atoms with Crippen LogP contribution in [0.4, 0.5) is 0 Å². The van der Waals surface area contributed by atoms with Crippen molar-refractivity contribution in [3.8, 4) is 0 Å². The molecule has 2 rings (SSSR count). The standard InChI is InChI=1S/C14H18O/c1-8-5-6-12-9(2)10(3)13(7-15)11(4)14(8)12/h7-8H,5-6H2,1-4H3. The highest BCUT2D eigenvalue weighted by atomic mass is 16.1. The molecule has 1 aromatic carbocycles. The van der Waals surface area contributed by atoms with E-state index in [4.69, 9.17) is 0 Å². The van der Waals surface area contributed by atoms with Crippen LogP contribution in [0, 0.1) is 20.8 Å². The zero-order valence-electron chi connectivity index (χ0n) is 9.98. The van der Waals surface area contributed by atoms with E-state index in [9.17, 15) is 4.79 Å². The van der Waals surface area contributed by atoms with E-state index in [1.54, 1.807) is 0 Å². The quantitative estimate of drug-likeness (QED) is 0.637. The van der Waals surface area contributed by atoms with E-state index in [0.29, 0.717) is 5.92 Å². The summed E-state index contributed by atoms with van der Waals surface area (Å²) in [6, 6.07) is 0. The second-order valence-corrected chi connectivity index (χ2v) is 4.74. The molecule has 0 radical (unpaired) electrons. The Bertz CT molecular complexity index is 430. The lowest BCUT2D eigenvalue weighted by atomic mass is 9.88. The molecule has 1 aliphatic carbocycles. The van der Waals surface area contributed by atoms with Crippen LogP contribution in [-0.4, -0.2) is 6.29 Å². The predicted molar refractivity (Wildman–Crippen MR) is 62.8 cm³/mol. The summed E-state index contributed by atoms with van der Waals surface area (Å²) in [6.45, 7) is 8.58. The maximum absolute atomic E-state index is 11.1. The molecule has 1 nitrogen and oxygen atoms in total.